The Morgan fingerprint density at radius 3 is 2.21 bits per heavy atom. The van der Waals surface area contributed by atoms with Crippen LogP contribution in [0.2, 0.25) is 10.0 Å². The second kappa shape index (κ2) is 9.74. The van der Waals surface area contributed by atoms with Gasteiger partial charge >= 0.3 is 0 Å². The monoisotopic (exact) mass is 442 g/mol. The van der Waals surface area contributed by atoms with E-state index < -0.39 is 10.0 Å². The molecule has 0 radical (unpaired) electrons. The highest BCUT2D eigenvalue weighted by Crippen LogP contribution is 2.22. The van der Waals surface area contributed by atoms with Gasteiger partial charge in [-0.2, -0.15) is 4.31 Å². The summed E-state index contributed by atoms with van der Waals surface area (Å²) < 4.78 is 26.5. The first kappa shape index (κ1) is 22.7. The van der Waals surface area contributed by atoms with Crippen LogP contribution in [0.15, 0.2) is 47.4 Å². The van der Waals surface area contributed by atoms with E-state index in [1.54, 1.807) is 56.3 Å². The quantitative estimate of drug-likeness (QED) is 0.656. The first-order valence-electron chi connectivity index (χ1n) is 9.02. The summed E-state index contributed by atoms with van der Waals surface area (Å²) in [6, 6.07) is 11.3. The molecule has 28 heavy (non-hydrogen) atoms. The summed E-state index contributed by atoms with van der Waals surface area (Å²) in [7, 11) is -3.50. The summed E-state index contributed by atoms with van der Waals surface area (Å²) in [5.41, 5.74) is 1.51. The van der Waals surface area contributed by atoms with Crippen LogP contribution in [0.4, 0.5) is 0 Å². The molecule has 1 amide bonds. The maximum absolute atomic E-state index is 12.5. The lowest BCUT2D eigenvalue weighted by atomic mass is 10.1. The van der Waals surface area contributed by atoms with Gasteiger partial charge in [0.1, 0.15) is 0 Å². The van der Waals surface area contributed by atoms with Crippen LogP contribution >= 0.6 is 23.2 Å². The molecule has 2 aromatic carbocycles. The molecular weight excluding hydrogens is 419 g/mol. The van der Waals surface area contributed by atoms with Gasteiger partial charge in [-0.05, 0) is 42.3 Å². The number of rotatable bonds is 8. The number of nitrogens with one attached hydrogen (secondary N) is 1. The van der Waals surface area contributed by atoms with E-state index in [1.165, 1.54) is 4.31 Å². The minimum Gasteiger partial charge on any atom is -0.349 e. The molecular formula is C20H24Cl2N2O3S. The van der Waals surface area contributed by atoms with Gasteiger partial charge in [-0.1, -0.05) is 55.2 Å². The molecule has 8 heteroatoms. The summed E-state index contributed by atoms with van der Waals surface area (Å²) in [5, 5.41) is 3.86. The number of nitrogens with zero attached hydrogens (tertiary/aromatic N) is 1. The highest BCUT2D eigenvalue weighted by Gasteiger charge is 2.21. The molecule has 0 fully saturated rings. The van der Waals surface area contributed by atoms with Gasteiger partial charge in [0, 0.05) is 23.1 Å². The Kier molecular flexibility index (Phi) is 7.89. The predicted octanol–water partition coefficient (Wildman–Crippen LogP) is 4.44. The van der Waals surface area contributed by atoms with Crippen LogP contribution in [0.1, 0.15) is 37.9 Å². The number of hydrogen-bond acceptors (Lipinski definition) is 3. The summed E-state index contributed by atoms with van der Waals surface area (Å²) >= 11 is 12.0. The van der Waals surface area contributed by atoms with Gasteiger partial charge in [0.05, 0.1) is 17.4 Å². The van der Waals surface area contributed by atoms with Crippen molar-refractivity contribution < 1.29 is 13.2 Å². The molecule has 1 N–H and O–H groups in total. The van der Waals surface area contributed by atoms with Crippen LogP contribution in [0.3, 0.4) is 0 Å². The highest BCUT2D eigenvalue weighted by molar-refractivity contribution is 7.89. The van der Waals surface area contributed by atoms with Gasteiger partial charge in [-0.3, -0.25) is 4.79 Å². The predicted molar refractivity (Wildman–Crippen MR) is 113 cm³/mol. The number of amides is 1. The molecule has 0 spiro atoms. The average Bonchev–Trinajstić information content (AvgIpc) is 2.65. The standard InChI is InChI=1S/C20H24Cl2N2O3S/c1-4-24(5-2)28(26,27)18-10-7-15(8-11-18)14(3)23-20(25)12-16-6-9-17(21)13-19(16)22/h6-11,13-14H,4-5,12H2,1-3H3,(H,23,25). The first-order valence-corrected chi connectivity index (χ1v) is 11.2. The fourth-order valence-corrected chi connectivity index (χ4v) is 4.79. The van der Waals surface area contributed by atoms with Gasteiger partial charge in [-0.15, -0.1) is 0 Å². The molecule has 0 aliphatic carbocycles. The SMILES string of the molecule is CCN(CC)S(=O)(=O)c1ccc(C(C)NC(=O)Cc2ccc(Cl)cc2Cl)cc1. The molecule has 1 atom stereocenters. The fourth-order valence-electron chi connectivity index (χ4n) is 2.85. The molecule has 0 aliphatic heterocycles. The Balaban J connectivity index is 2.06. The van der Waals surface area contributed by atoms with Crippen molar-refractivity contribution >= 4 is 39.1 Å². The number of benzene rings is 2. The van der Waals surface area contributed by atoms with Gasteiger partial charge in [0.25, 0.3) is 0 Å². The minimum absolute atomic E-state index is 0.134. The molecule has 0 heterocycles. The first-order chi connectivity index (χ1) is 13.2. The molecule has 0 bridgehead atoms. The van der Waals surface area contributed by atoms with E-state index in [2.05, 4.69) is 5.32 Å². The van der Waals surface area contributed by atoms with Crippen molar-refractivity contribution in [3.05, 3.63) is 63.6 Å². The zero-order valence-corrected chi connectivity index (χ0v) is 18.4. The van der Waals surface area contributed by atoms with Crippen LogP contribution in [0, 0.1) is 0 Å². The van der Waals surface area contributed by atoms with Crippen molar-refractivity contribution in [3.63, 3.8) is 0 Å². The van der Waals surface area contributed by atoms with Crippen LogP contribution in [0.5, 0.6) is 0 Å². The number of carbonyl (C=O) groups excluding carboxylic acids is 1. The third kappa shape index (κ3) is 5.47. The highest BCUT2D eigenvalue weighted by atomic mass is 35.5. The van der Waals surface area contributed by atoms with Crippen molar-refractivity contribution in [3.8, 4) is 0 Å². The Labute approximate surface area is 176 Å². The largest absolute Gasteiger partial charge is 0.349 e. The summed E-state index contributed by atoms with van der Waals surface area (Å²) in [6.45, 7) is 6.29. The zero-order valence-electron chi connectivity index (χ0n) is 16.1. The summed E-state index contributed by atoms with van der Waals surface area (Å²) in [6.07, 6.45) is 0.134. The van der Waals surface area contributed by atoms with Crippen molar-refractivity contribution in [1.82, 2.24) is 9.62 Å². The third-order valence-corrected chi connectivity index (χ3v) is 7.12. The van der Waals surface area contributed by atoms with Crippen molar-refractivity contribution in [2.75, 3.05) is 13.1 Å². The van der Waals surface area contributed by atoms with E-state index in [0.29, 0.717) is 28.7 Å². The Bertz CT molecular complexity index is 927. The van der Waals surface area contributed by atoms with Crippen LogP contribution in [-0.4, -0.2) is 31.7 Å². The second-order valence-corrected chi connectivity index (χ2v) is 9.14. The van der Waals surface area contributed by atoms with Crippen LogP contribution < -0.4 is 5.32 Å². The lowest BCUT2D eigenvalue weighted by Crippen LogP contribution is -2.30. The van der Waals surface area contributed by atoms with Gasteiger partial charge in [-0.25, -0.2) is 8.42 Å². The van der Waals surface area contributed by atoms with Gasteiger partial charge in [0.2, 0.25) is 15.9 Å². The maximum Gasteiger partial charge on any atom is 0.243 e. The number of carbonyl (C=O) groups is 1. The van der Waals surface area contributed by atoms with Crippen molar-refractivity contribution in [1.29, 1.82) is 0 Å². The van der Waals surface area contributed by atoms with Crippen LogP contribution in [0.25, 0.3) is 0 Å². The molecule has 0 aromatic heterocycles. The molecule has 1 unspecified atom stereocenters. The Morgan fingerprint density at radius 1 is 1.07 bits per heavy atom. The Morgan fingerprint density at radius 2 is 1.68 bits per heavy atom. The fraction of sp³-hybridized carbons (Fsp3) is 0.350. The topological polar surface area (TPSA) is 66.5 Å². The molecule has 2 aromatic rings. The lowest BCUT2D eigenvalue weighted by Gasteiger charge is -2.19. The third-order valence-electron chi connectivity index (χ3n) is 4.47. The minimum atomic E-state index is -3.50. The second-order valence-electron chi connectivity index (χ2n) is 6.36. The molecule has 2 rings (SSSR count). The lowest BCUT2D eigenvalue weighted by molar-refractivity contribution is -0.121. The smallest absolute Gasteiger partial charge is 0.243 e. The maximum atomic E-state index is 12.5. The van der Waals surface area contributed by atoms with E-state index in [-0.39, 0.29) is 23.3 Å². The van der Waals surface area contributed by atoms with E-state index in [0.717, 1.165) is 5.56 Å². The average molecular weight is 443 g/mol. The molecule has 5 nitrogen and oxygen atoms in total. The summed E-state index contributed by atoms with van der Waals surface area (Å²) in [4.78, 5) is 12.6. The van der Waals surface area contributed by atoms with Crippen molar-refractivity contribution in [2.24, 2.45) is 0 Å². The van der Waals surface area contributed by atoms with E-state index in [9.17, 15) is 13.2 Å². The van der Waals surface area contributed by atoms with Gasteiger partial charge in [0.15, 0.2) is 0 Å². The molecule has 0 saturated carbocycles. The van der Waals surface area contributed by atoms with E-state index >= 15 is 0 Å². The van der Waals surface area contributed by atoms with Crippen molar-refractivity contribution in [2.45, 2.75) is 38.1 Å². The van der Waals surface area contributed by atoms with Crippen LogP contribution in [-0.2, 0) is 21.2 Å². The number of hydrogen-bond donors (Lipinski definition) is 1. The summed E-state index contributed by atoms with van der Waals surface area (Å²) in [5.74, 6) is -0.184. The molecule has 0 saturated heterocycles. The van der Waals surface area contributed by atoms with Gasteiger partial charge < -0.3 is 5.32 Å². The zero-order chi connectivity index (χ0) is 20.9. The number of sulfonamides is 1. The number of halogens is 2. The molecule has 152 valence electrons. The van der Waals surface area contributed by atoms with E-state index in [1.807, 2.05) is 6.92 Å². The normalized spacial score (nSPS) is 12.8. The van der Waals surface area contributed by atoms with E-state index in [4.69, 9.17) is 23.2 Å². The molecule has 0 aliphatic rings. The Hall–Kier alpha value is -1.60.